The Morgan fingerprint density at radius 2 is 2.13 bits per heavy atom. The minimum Gasteiger partial charge on any atom is -0.380 e. The fourth-order valence-electron chi connectivity index (χ4n) is 2.50. The first-order chi connectivity index (χ1) is 11.1. The van der Waals surface area contributed by atoms with E-state index in [4.69, 9.17) is 4.74 Å². The van der Waals surface area contributed by atoms with Gasteiger partial charge in [-0.25, -0.2) is 9.37 Å². The second-order valence-corrected chi connectivity index (χ2v) is 5.55. The van der Waals surface area contributed by atoms with Gasteiger partial charge in [-0.05, 0) is 24.6 Å². The van der Waals surface area contributed by atoms with E-state index in [0.717, 1.165) is 11.1 Å². The molecule has 0 saturated heterocycles. The van der Waals surface area contributed by atoms with Crippen LogP contribution >= 0.6 is 0 Å². The highest BCUT2D eigenvalue weighted by molar-refractivity contribution is 5.70. The molecule has 0 bridgehead atoms. The van der Waals surface area contributed by atoms with Crippen molar-refractivity contribution < 1.29 is 9.13 Å². The topological polar surface area (TPSA) is 44.9 Å². The molecule has 0 aliphatic rings. The van der Waals surface area contributed by atoms with Gasteiger partial charge < -0.3 is 9.30 Å². The number of rotatable bonds is 5. The van der Waals surface area contributed by atoms with E-state index in [1.165, 1.54) is 6.07 Å². The van der Waals surface area contributed by atoms with Crippen molar-refractivity contribution in [3.05, 3.63) is 48.8 Å². The molecule has 1 atom stereocenters. The Labute approximate surface area is 134 Å². The lowest BCUT2D eigenvalue weighted by molar-refractivity contribution is 0.103. The third-order valence-corrected chi connectivity index (χ3v) is 3.82. The maximum absolute atomic E-state index is 14.3. The van der Waals surface area contributed by atoms with Crippen molar-refractivity contribution in [2.45, 2.75) is 19.6 Å². The first kappa shape index (κ1) is 15.4. The quantitative estimate of drug-likeness (QED) is 0.727. The minimum atomic E-state index is -0.296. The SMILES string of the molecule is COC(C)Cn1ccnc1-c1cc(-c2cnn(C)c2)ccc1F. The van der Waals surface area contributed by atoms with Crippen LogP contribution in [-0.4, -0.2) is 32.5 Å². The van der Waals surface area contributed by atoms with Crippen LogP contribution in [0.1, 0.15) is 6.92 Å². The molecule has 3 aromatic rings. The van der Waals surface area contributed by atoms with Gasteiger partial charge >= 0.3 is 0 Å². The highest BCUT2D eigenvalue weighted by Gasteiger charge is 2.14. The van der Waals surface area contributed by atoms with Crippen LogP contribution in [0.4, 0.5) is 4.39 Å². The average Bonchev–Trinajstić information content (AvgIpc) is 3.17. The van der Waals surface area contributed by atoms with Gasteiger partial charge in [-0.2, -0.15) is 5.10 Å². The summed E-state index contributed by atoms with van der Waals surface area (Å²) in [4.78, 5) is 4.32. The summed E-state index contributed by atoms with van der Waals surface area (Å²) >= 11 is 0. The van der Waals surface area contributed by atoms with E-state index >= 15 is 0 Å². The Morgan fingerprint density at radius 1 is 1.30 bits per heavy atom. The zero-order valence-electron chi connectivity index (χ0n) is 13.4. The third kappa shape index (κ3) is 3.17. The van der Waals surface area contributed by atoms with Crippen molar-refractivity contribution in [2.24, 2.45) is 7.05 Å². The Bertz CT molecular complexity index is 809. The lowest BCUT2D eigenvalue weighted by Gasteiger charge is -2.13. The van der Waals surface area contributed by atoms with E-state index in [9.17, 15) is 4.39 Å². The van der Waals surface area contributed by atoms with Gasteiger partial charge in [0, 0.05) is 38.3 Å². The lowest BCUT2D eigenvalue weighted by Crippen LogP contribution is -2.15. The molecular formula is C17H19FN4O. The van der Waals surface area contributed by atoms with E-state index in [2.05, 4.69) is 10.1 Å². The molecule has 0 amide bonds. The van der Waals surface area contributed by atoms with E-state index < -0.39 is 0 Å². The molecule has 1 unspecified atom stereocenters. The molecule has 23 heavy (non-hydrogen) atoms. The molecule has 0 saturated carbocycles. The number of imidazole rings is 1. The fraction of sp³-hybridized carbons (Fsp3) is 0.294. The molecule has 0 N–H and O–H groups in total. The van der Waals surface area contributed by atoms with Gasteiger partial charge in [0.25, 0.3) is 0 Å². The number of hydrogen-bond acceptors (Lipinski definition) is 3. The predicted octanol–water partition coefficient (Wildman–Crippen LogP) is 3.12. The highest BCUT2D eigenvalue weighted by atomic mass is 19.1. The Balaban J connectivity index is 2.01. The molecule has 1 aromatic carbocycles. The number of aromatic nitrogens is 4. The highest BCUT2D eigenvalue weighted by Crippen LogP contribution is 2.28. The van der Waals surface area contributed by atoms with Gasteiger partial charge in [-0.3, -0.25) is 4.68 Å². The standard InChI is InChI=1S/C17H19FN4O/c1-12(23-3)10-22-7-6-19-17(22)15-8-13(4-5-16(15)18)14-9-20-21(2)11-14/h4-9,11-12H,10H2,1-3H3. The van der Waals surface area contributed by atoms with Crippen molar-refractivity contribution in [1.82, 2.24) is 19.3 Å². The fourth-order valence-corrected chi connectivity index (χ4v) is 2.50. The number of halogens is 1. The summed E-state index contributed by atoms with van der Waals surface area (Å²) in [7, 11) is 3.51. The first-order valence-electron chi connectivity index (χ1n) is 7.41. The molecule has 0 fully saturated rings. The lowest BCUT2D eigenvalue weighted by atomic mass is 10.1. The number of ether oxygens (including phenoxy) is 1. The zero-order valence-corrected chi connectivity index (χ0v) is 13.4. The number of nitrogens with zero attached hydrogens (tertiary/aromatic N) is 4. The van der Waals surface area contributed by atoms with Crippen LogP contribution in [0, 0.1) is 5.82 Å². The van der Waals surface area contributed by atoms with Crippen LogP contribution in [0.25, 0.3) is 22.5 Å². The van der Waals surface area contributed by atoms with E-state index in [1.807, 2.05) is 37.0 Å². The molecule has 0 aliphatic heterocycles. The van der Waals surface area contributed by atoms with E-state index in [-0.39, 0.29) is 11.9 Å². The van der Waals surface area contributed by atoms with Crippen molar-refractivity contribution in [2.75, 3.05) is 7.11 Å². The van der Waals surface area contributed by atoms with Gasteiger partial charge in [0.1, 0.15) is 11.6 Å². The molecule has 0 radical (unpaired) electrons. The molecule has 120 valence electrons. The number of hydrogen-bond donors (Lipinski definition) is 0. The maximum Gasteiger partial charge on any atom is 0.142 e. The minimum absolute atomic E-state index is 0.0208. The summed E-state index contributed by atoms with van der Waals surface area (Å²) in [5.74, 6) is 0.298. The van der Waals surface area contributed by atoms with Gasteiger partial charge in [-0.15, -0.1) is 0 Å². The predicted molar refractivity (Wildman–Crippen MR) is 86.3 cm³/mol. The molecule has 2 heterocycles. The van der Waals surface area contributed by atoms with Gasteiger partial charge in [-0.1, -0.05) is 6.07 Å². The molecule has 5 nitrogen and oxygen atoms in total. The Morgan fingerprint density at radius 3 is 2.83 bits per heavy atom. The van der Waals surface area contributed by atoms with E-state index in [1.54, 1.807) is 30.3 Å². The summed E-state index contributed by atoms with van der Waals surface area (Å²) in [6, 6.07) is 5.03. The van der Waals surface area contributed by atoms with Gasteiger partial charge in [0.15, 0.2) is 0 Å². The summed E-state index contributed by atoms with van der Waals surface area (Å²) in [6.07, 6.45) is 7.19. The van der Waals surface area contributed by atoms with Crippen LogP contribution < -0.4 is 0 Å². The first-order valence-corrected chi connectivity index (χ1v) is 7.41. The molecule has 6 heteroatoms. The molecule has 0 spiro atoms. The maximum atomic E-state index is 14.3. The average molecular weight is 314 g/mol. The molecular weight excluding hydrogens is 295 g/mol. The Hall–Kier alpha value is -2.47. The summed E-state index contributed by atoms with van der Waals surface area (Å²) in [5.41, 5.74) is 2.32. The van der Waals surface area contributed by atoms with Crippen molar-refractivity contribution in [3.8, 4) is 22.5 Å². The van der Waals surface area contributed by atoms with E-state index in [0.29, 0.717) is 17.9 Å². The van der Waals surface area contributed by atoms with Crippen molar-refractivity contribution in [3.63, 3.8) is 0 Å². The molecule has 2 aromatic heterocycles. The summed E-state index contributed by atoms with van der Waals surface area (Å²) in [5, 5.41) is 4.16. The second-order valence-electron chi connectivity index (χ2n) is 5.55. The monoisotopic (exact) mass is 314 g/mol. The van der Waals surface area contributed by atoms with Gasteiger partial charge in [0.2, 0.25) is 0 Å². The second kappa shape index (κ2) is 6.34. The Kier molecular flexibility index (Phi) is 4.25. The van der Waals surface area contributed by atoms with Crippen LogP contribution in [0.15, 0.2) is 43.0 Å². The number of aryl methyl sites for hydroxylation is 1. The summed E-state index contributed by atoms with van der Waals surface area (Å²) < 4.78 is 23.3. The van der Waals surface area contributed by atoms with Crippen LogP contribution in [0.5, 0.6) is 0 Å². The van der Waals surface area contributed by atoms with Crippen molar-refractivity contribution >= 4 is 0 Å². The summed E-state index contributed by atoms with van der Waals surface area (Å²) in [6.45, 7) is 2.58. The smallest absolute Gasteiger partial charge is 0.142 e. The van der Waals surface area contributed by atoms with Gasteiger partial charge in [0.05, 0.1) is 24.4 Å². The largest absolute Gasteiger partial charge is 0.380 e. The molecule has 0 aliphatic carbocycles. The zero-order chi connectivity index (χ0) is 16.4. The normalized spacial score (nSPS) is 12.5. The van der Waals surface area contributed by atoms with Crippen molar-refractivity contribution in [1.29, 1.82) is 0 Å². The third-order valence-electron chi connectivity index (χ3n) is 3.82. The van der Waals surface area contributed by atoms with Crippen LogP contribution in [0.2, 0.25) is 0 Å². The molecule has 3 rings (SSSR count). The van der Waals surface area contributed by atoms with Crippen LogP contribution in [0.3, 0.4) is 0 Å². The number of benzene rings is 1. The van der Waals surface area contributed by atoms with Crippen LogP contribution in [-0.2, 0) is 18.3 Å². The number of methoxy groups -OCH3 is 1.